The average molecular weight is 434 g/mol. The van der Waals surface area contributed by atoms with Crippen LogP contribution in [0.3, 0.4) is 0 Å². The minimum atomic E-state index is 0. The fourth-order valence-corrected chi connectivity index (χ4v) is 3.16. The predicted octanol–water partition coefficient (Wildman–Crippen LogP) is -1.89. The summed E-state index contributed by atoms with van der Waals surface area (Å²) in [5.74, 6) is 2.74. The number of hydrogen-bond donors (Lipinski definition) is 2. The number of rotatable bonds is 5. The van der Waals surface area contributed by atoms with Crippen LogP contribution in [-0.2, 0) is 6.54 Å². The minimum absolute atomic E-state index is 0. The number of benzene rings is 1. The van der Waals surface area contributed by atoms with Crippen LogP contribution in [0.25, 0.3) is 11.3 Å². The van der Waals surface area contributed by atoms with Gasteiger partial charge in [0.05, 0.1) is 6.54 Å². The number of nitrogens with one attached hydrogen (secondary N) is 2. The van der Waals surface area contributed by atoms with Crippen LogP contribution in [-0.4, -0.2) is 19.6 Å². The van der Waals surface area contributed by atoms with Gasteiger partial charge in [0.2, 0.25) is 0 Å². The lowest BCUT2D eigenvalue weighted by molar-refractivity contribution is -0.001000. The van der Waals surface area contributed by atoms with Gasteiger partial charge in [-0.25, -0.2) is 0 Å². The van der Waals surface area contributed by atoms with Crippen LogP contribution < -0.4 is 35.4 Å². The molecule has 0 saturated carbocycles. The first-order valence-corrected chi connectivity index (χ1v) is 8.78. The molecule has 1 aliphatic heterocycles. The molecule has 0 amide bonds. The van der Waals surface area contributed by atoms with Gasteiger partial charge in [0.15, 0.2) is 0 Å². The van der Waals surface area contributed by atoms with Gasteiger partial charge in [0.25, 0.3) is 0 Å². The third kappa shape index (κ3) is 5.78. The molecule has 0 atom stereocenters. The first-order valence-electron chi connectivity index (χ1n) is 7.99. The van der Waals surface area contributed by atoms with E-state index < -0.39 is 0 Å². The quantitative estimate of drug-likeness (QED) is 0.579. The van der Waals surface area contributed by atoms with Crippen molar-refractivity contribution < 1.29 is 29.2 Å². The standard InChI is InChI=1S/C18H23BrN2O.2ClH/c1-13-10-15(2-4-17(13)19)18-5-3-16(22-18)12-21-11-14-6-8-20-9-7-14;;/h2-5,10,14,20-21H,6-9,11-12H2,1H3;2*1H/p-2. The first-order chi connectivity index (χ1) is 10.7. The monoisotopic (exact) mass is 432 g/mol. The number of halogens is 3. The van der Waals surface area contributed by atoms with Gasteiger partial charge < -0.3 is 39.9 Å². The number of piperidine rings is 1. The van der Waals surface area contributed by atoms with Crippen LogP contribution in [0.2, 0.25) is 0 Å². The Labute approximate surface area is 164 Å². The molecule has 2 N–H and O–H groups in total. The Balaban J connectivity index is 0.00000144. The van der Waals surface area contributed by atoms with Gasteiger partial charge in [-0.3, -0.25) is 0 Å². The molecule has 3 nitrogen and oxygen atoms in total. The Morgan fingerprint density at radius 3 is 2.62 bits per heavy atom. The summed E-state index contributed by atoms with van der Waals surface area (Å²) in [5.41, 5.74) is 2.35. The second-order valence-corrected chi connectivity index (χ2v) is 6.91. The fourth-order valence-electron chi connectivity index (χ4n) is 2.91. The highest BCUT2D eigenvalue weighted by molar-refractivity contribution is 9.10. The summed E-state index contributed by atoms with van der Waals surface area (Å²) in [6.45, 7) is 6.28. The lowest BCUT2D eigenvalue weighted by Gasteiger charge is -2.22. The summed E-state index contributed by atoms with van der Waals surface area (Å²) < 4.78 is 7.09. The normalized spacial score (nSPS) is 14.8. The van der Waals surface area contributed by atoms with E-state index in [1.165, 1.54) is 18.4 Å². The van der Waals surface area contributed by atoms with Gasteiger partial charge in [0, 0.05) is 10.0 Å². The maximum Gasteiger partial charge on any atom is 0.134 e. The molecule has 0 aliphatic carbocycles. The molecule has 134 valence electrons. The van der Waals surface area contributed by atoms with Crippen molar-refractivity contribution >= 4 is 15.9 Å². The van der Waals surface area contributed by atoms with E-state index in [2.05, 4.69) is 63.8 Å². The summed E-state index contributed by atoms with van der Waals surface area (Å²) in [7, 11) is 0. The molecule has 1 aromatic heterocycles. The SMILES string of the molecule is Cc1cc(-c2ccc(CNCC3CCNCC3)o2)ccc1Br.[Cl-].[Cl-]. The zero-order chi connectivity index (χ0) is 15.4. The van der Waals surface area contributed by atoms with Crippen molar-refractivity contribution in [3.05, 3.63) is 46.1 Å². The largest absolute Gasteiger partial charge is 1.00 e. The highest BCUT2D eigenvalue weighted by atomic mass is 79.9. The number of hydrogen-bond acceptors (Lipinski definition) is 3. The highest BCUT2D eigenvalue weighted by Gasteiger charge is 2.12. The van der Waals surface area contributed by atoms with Crippen molar-refractivity contribution in [1.29, 1.82) is 0 Å². The molecular weight excluding hydrogens is 411 g/mol. The molecule has 0 spiro atoms. The topological polar surface area (TPSA) is 37.2 Å². The van der Waals surface area contributed by atoms with Crippen molar-refractivity contribution in [3.8, 4) is 11.3 Å². The number of aryl methyl sites for hydroxylation is 1. The Kier molecular flexibility index (Phi) is 9.39. The maximum absolute atomic E-state index is 5.96. The molecule has 6 heteroatoms. The van der Waals surface area contributed by atoms with Gasteiger partial charge >= 0.3 is 0 Å². The van der Waals surface area contributed by atoms with Crippen molar-refractivity contribution in [3.63, 3.8) is 0 Å². The van der Waals surface area contributed by atoms with E-state index in [1.807, 2.05) is 0 Å². The summed E-state index contributed by atoms with van der Waals surface area (Å²) in [6, 6.07) is 10.4. The van der Waals surface area contributed by atoms with E-state index in [0.717, 1.165) is 53.7 Å². The van der Waals surface area contributed by atoms with Crippen LogP contribution in [0.15, 0.2) is 39.2 Å². The smallest absolute Gasteiger partial charge is 0.134 e. The van der Waals surface area contributed by atoms with Crippen molar-refractivity contribution in [2.75, 3.05) is 19.6 Å². The summed E-state index contributed by atoms with van der Waals surface area (Å²) in [4.78, 5) is 0. The lowest BCUT2D eigenvalue weighted by Crippen LogP contribution is -3.00. The zero-order valence-corrected chi connectivity index (χ0v) is 16.8. The second-order valence-electron chi connectivity index (χ2n) is 6.05. The predicted molar refractivity (Wildman–Crippen MR) is 93.9 cm³/mol. The van der Waals surface area contributed by atoms with Crippen molar-refractivity contribution in [2.45, 2.75) is 26.3 Å². The summed E-state index contributed by atoms with van der Waals surface area (Å²) in [6.07, 6.45) is 2.54. The Morgan fingerprint density at radius 2 is 1.92 bits per heavy atom. The molecule has 2 aromatic rings. The Morgan fingerprint density at radius 1 is 1.17 bits per heavy atom. The maximum atomic E-state index is 5.96. The van der Waals surface area contributed by atoms with E-state index in [0.29, 0.717) is 0 Å². The van der Waals surface area contributed by atoms with Gasteiger partial charge in [-0.2, -0.15) is 0 Å². The molecule has 3 rings (SSSR count). The molecule has 1 aromatic carbocycles. The van der Waals surface area contributed by atoms with Crippen LogP contribution in [0.1, 0.15) is 24.2 Å². The molecule has 1 aliphatic rings. The third-order valence-electron chi connectivity index (χ3n) is 4.30. The minimum Gasteiger partial charge on any atom is -1.00 e. The molecule has 1 saturated heterocycles. The third-order valence-corrected chi connectivity index (χ3v) is 5.18. The highest BCUT2D eigenvalue weighted by Crippen LogP contribution is 2.26. The van der Waals surface area contributed by atoms with Gasteiger partial charge in [-0.1, -0.05) is 22.0 Å². The number of furan rings is 1. The van der Waals surface area contributed by atoms with Gasteiger partial charge in [-0.05, 0) is 75.1 Å². The molecular formula is C18H23BrCl2N2O-2. The molecule has 0 unspecified atom stereocenters. The van der Waals surface area contributed by atoms with Gasteiger partial charge in [-0.15, -0.1) is 0 Å². The fraction of sp³-hybridized carbons (Fsp3) is 0.444. The Hall–Kier alpha value is -0.520. The van der Waals surface area contributed by atoms with Gasteiger partial charge in [0.1, 0.15) is 11.5 Å². The van der Waals surface area contributed by atoms with Crippen LogP contribution in [0.4, 0.5) is 0 Å². The lowest BCUT2D eigenvalue weighted by atomic mass is 9.98. The summed E-state index contributed by atoms with van der Waals surface area (Å²) >= 11 is 3.53. The first kappa shape index (κ1) is 21.5. The zero-order valence-electron chi connectivity index (χ0n) is 13.7. The molecule has 2 heterocycles. The summed E-state index contributed by atoms with van der Waals surface area (Å²) in [5, 5.41) is 6.93. The van der Waals surface area contributed by atoms with E-state index in [-0.39, 0.29) is 24.8 Å². The molecule has 0 radical (unpaired) electrons. The van der Waals surface area contributed by atoms with Crippen LogP contribution in [0, 0.1) is 12.8 Å². The van der Waals surface area contributed by atoms with E-state index in [4.69, 9.17) is 4.42 Å². The molecule has 1 fully saturated rings. The van der Waals surface area contributed by atoms with E-state index in [9.17, 15) is 0 Å². The van der Waals surface area contributed by atoms with E-state index >= 15 is 0 Å². The second kappa shape index (κ2) is 10.5. The van der Waals surface area contributed by atoms with Crippen LogP contribution in [0.5, 0.6) is 0 Å². The molecule has 0 bridgehead atoms. The van der Waals surface area contributed by atoms with Crippen LogP contribution >= 0.6 is 15.9 Å². The van der Waals surface area contributed by atoms with E-state index in [1.54, 1.807) is 0 Å². The Bertz CT molecular complexity index is 627. The average Bonchev–Trinajstić information content (AvgIpc) is 3.00. The van der Waals surface area contributed by atoms with Crippen molar-refractivity contribution in [2.24, 2.45) is 5.92 Å². The van der Waals surface area contributed by atoms with Crippen molar-refractivity contribution in [1.82, 2.24) is 10.6 Å². The molecule has 24 heavy (non-hydrogen) atoms.